The lowest BCUT2D eigenvalue weighted by molar-refractivity contribution is 0.111. The summed E-state index contributed by atoms with van der Waals surface area (Å²) in [6, 6.07) is 13.5. The standard InChI is InChI=1S/C15H12BNO4/c17-8-11-4-6-12(7-5-11)10-21-15-3-1-2-14(16(19)20)13(15)9-18/h1-7,9,19-20H,10H2. The van der Waals surface area contributed by atoms with Crippen LogP contribution in [0, 0.1) is 11.3 Å². The van der Waals surface area contributed by atoms with E-state index in [9.17, 15) is 14.8 Å². The summed E-state index contributed by atoms with van der Waals surface area (Å²) in [5.41, 5.74) is 1.60. The number of hydrogen-bond acceptors (Lipinski definition) is 5. The maximum Gasteiger partial charge on any atom is 0.489 e. The molecular formula is C15H12BNO4. The Morgan fingerprint density at radius 2 is 1.90 bits per heavy atom. The number of benzene rings is 2. The zero-order valence-corrected chi connectivity index (χ0v) is 11.1. The molecule has 0 spiro atoms. The molecule has 0 aliphatic rings. The van der Waals surface area contributed by atoms with Gasteiger partial charge in [0.25, 0.3) is 0 Å². The molecule has 21 heavy (non-hydrogen) atoms. The van der Waals surface area contributed by atoms with Crippen LogP contribution in [-0.2, 0) is 6.61 Å². The molecule has 5 nitrogen and oxygen atoms in total. The van der Waals surface area contributed by atoms with Gasteiger partial charge in [-0.25, -0.2) is 0 Å². The van der Waals surface area contributed by atoms with Crippen LogP contribution in [-0.4, -0.2) is 23.5 Å². The van der Waals surface area contributed by atoms with Crippen molar-refractivity contribution in [2.75, 3.05) is 0 Å². The van der Waals surface area contributed by atoms with Gasteiger partial charge in [0.2, 0.25) is 0 Å². The second kappa shape index (κ2) is 6.70. The van der Waals surface area contributed by atoms with Crippen LogP contribution in [0.5, 0.6) is 5.75 Å². The molecule has 6 heteroatoms. The lowest BCUT2D eigenvalue weighted by atomic mass is 9.77. The Balaban J connectivity index is 2.18. The lowest BCUT2D eigenvalue weighted by Gasteiger charge is -2.11. The first-order valence-electron chi connectivity index (χ1n) is 6.21. The first-order valence-corrected chi connectivity index (χ1v) is 6.21. The Kier molecular flexibility index (Phi) is 4.72. The average molecular weight is 281 g/mol. The fourth-order valence-corrected chi connectivity index (χ4v) is 1.87. The minimum atomic E-state index is -1.73. The van der Waals surface area contributed by atoms with E-state index in [0.717, 1.165) is 5.56 Å². The SMILES string of the molecule is N#Cc1ccc(COc2cccc(B(O)O)c2C=O)cc1. The second-order valence-corrected chi connectivity index (χ2v) is 4.35. The van der Waals surface area contributed by atoms with Crippen LogP contribution in [0.3, 0.4) is 0 Å². The van der Waals surface area contributed by atoms with E-state index in [1.54, 1.807) is 36.4 Å². The maximum absolute atomic E-state index is 11.1. The van der Waals surface area contributed by atoms with Crippen molar-refractivity contribution < 1.29 is 19.6 Å². The molecule has 2 rings (SSSR count). The van der Waals surface area contributed by atoms with E-state index in [-0.39, 0.29) is 23.4 Å². The van der Waals surface area contributed by atoms with E-state index < -0.39 is 7.12 Å². The molecule has 104 valence electrons. The third kappa shape index (κ3) is 3.48. The Bertz CT molecular complexity index is 677. The molecule has 0 aliphatic heterocycles. The highest BCUT2D eigenvalue weighted by atomic mass is 16.5. The first kappa shape index (κ1) is 14.8. The smallest absolute Gasteiger partial charge is 0.488 e. The van der Waals surface area contributed by atoms with Gasteiger partial charge in [-0.1, -0.05) is 24.3 Å². The Labute approximate surface area is 122 Å². The van der Waals surface area contributed by atoms with Crippen molar-refractivity contribution in [2.45, 2.75) is 6.61 Å². The van der Waals surface area contributed by atoms with Gasteiger partial charge in [0.15, 0.2) is 6.29 Å². The summed E-state index contributed by atoms with van der Waals surface area (Å²) in [5.74, 6) is 0.278. The number of nitrogens with zero attached hydrogens (tertiary/aromatic N) is 1. The minimum Gasteiger partial charge on any atom is -0.488 e. The van der Waals surface area contributed by atoms with Gasteiger partial charge in [-0.15, -0.1) is 0 Å². The highest BCUT2D eigenvalue weighted by Gasteiger charge is 2.18. The summed E-state index contributed by atoms with van der Waals surface area (Å²) in [6.07, 6.45) is 0.531. The van der Waals surface area contributed by atoms with Crippen molar-refractivity contribution in [3.63, 3.8) is 0 Å². The molecule has 0 unspecified atom stereocenters. The van der Waals surface area contributed by atoms with Crippen molar-refractivity contribution in [3.8, 4) is 11.8 Å². The van der Waals surface area contributed by atoms with Crippen molar-refractivity contribution in [2.24, 2.45) is 0 Å². The van der Waals surface area contributed by atoms with Gasteiger partial charge < -0.3 is 14.8 Å². The fourth-order valence-electron chi connectivity index (χ4n) is 1.87. The number of hydrogen-bond donors (Lipinski definition) is 2. The lowest BCUT2D eigenvalue weighted by Crippen LogP contribution is -2.33. The van der Waals surface area contributed by atoms with Crippen molar-refractivity contribution >= 4 is 18.9 Å². The molecule has 0 aliphatic carbocycles. The van der Waals surface area contributed by atoms with E-state index in [0.29, 0.717) is 11.8 Å². The van der Waals surface area contributed by atoms with Crippen LogP contribution in [0.2, 0.25) is 0 Å². The minimum absolute atomic E-state index is 0.0994. The third-order valence-electron chi connectivity index (χ3n) is 2.97. The van der Waals surface area contributed by atoms with Crippen molar-refractivity contribution in [1.29, 1.82) is 5.26 Å². The van der Waals surface area contributed by atoms with Gasteiger partial charge in [-0.05, 0) is 29.2 Å². The molecule has 0 heterocycles. The predicted molar refractivity (Wildman–Crippen MR) is 77.1 cm³/mol. The Morgan fingerprint density at radius 1 is 1.19 bits per heavy atom. The van der Waals surface area contributed by atoms with Crippen LogP contribution in [0.4, 0.5) is 0 Å². The van der Waals surface area contributed by atoms with Gasteiger partial charge in [0.1, 0.15) is 12.4 Å². The van der Waals surface area contributed by atoms with Crippen LogP contribution < -0.4 is 10.2 Å². The quantitative estimate of drug-likeness (QED) is 0.619. The number of nitriles is 1. The van der Waals surface area contributed by atoms with E-state index in [2.05, 4.69) is 0 Å². The van der Waals surface area contributed by atoms with E-state index in [4.69, 9.17) is 10.00 Å². The van der Waals surface area contributed by atoms with Gasteiger partial charge in [-0.2, -0.15) is 5.26 Å². The highest BCUT2D eigenvalue weighted by Crippen LogP contribution is 2.17. The van der Waals surface area contributed by atoms with E-state index in [1.807, 2.05) is 6.07 Å². The topological polar surface area (TPSA) is 90.6 Å². The molecule has 0 bridgehead atoms. The molecule has 0 radical (unpaired) electrons. The molecule has 0 saturated heterocycles. The number of carbonyl (C=O) groups is 1. The van der Waals surface area contributed by atoms with Crippen LogP contribution in [0.1, 0.15) is 21.5 Å². The first-order chi connectivity index (χ1) is 10.2. The zero-order valence-electron chi connectivity index (χ0n) is 11.1. The maximum atomic E-state index is 11.1. The largest absolute Gasteiger partial charge is 0.489 e. The van der Waals surface area contributed by atoms with E-state index in [1.165, 1.54) is 6.07 Å². The summed E-state index contributed by atoms with van der Waals surface area (Å²) in [4.78, 5) is 11.1. The van der Waals surface area contributed by atoms with Crippen LogP contribution in [0.25, 0.3) is 0 Å². The van der Waals surface area contributed by atoms with Gasteiger partial charge in [0, 0.05) is 0 Å². The number of rotatable bonds is 5. The molecule has 0 fully saturated rings. The summed E-state index contributed by atoms with van der Waals surface area (Å²) >= 11 is 0. The van der Waals surface area contributed by atoms with Crippen LogP contribution >= 0.6 is 0 Å². The third-order valence-corrected chi connectivity index (χ3v) is 2.97. The highest BCUT2D eigenvalue weighted by molar-refractivity contribution is 6.60. The summed E-state index contributed by atoms with van der Waals surface area (Å²) in [6.45, 7) is 0.206. The molecule has 0 amide bonds. The van der Waals surface area contributed by atoms with Gasteiger partial charge in [-0.3, -0.25) is 4.79 Å². The number of ether oxygens (including phenoxy) is 1. The summed E-state index contributed by atoms with van der Waals surface area (Å²) < 4.78 is 5.54. The molecule has 2 aromatic carbocycles. The molecule has 2 N–H and O–H groups in total. The Morgan fingerprint density at radius 3 is 2.48 bits per heavy atom. The molecule has 0 atom stereocenters. The predicted octanol–water partition coefficient (Wildman–Crippen LogP) is 0.630. The fraction of sp³-hybridized carbons (Fsp3) is 0.0667. The van der Waals surface area contributed by atoms with Crippen LogP contribution in [0.15, 0.2) is 42.5 Å². The van der Waals surface area contributed by atoms with Gasteiger partial charge in [0.05, 0.1) is 17.2 Å². The summed E-state index contributed by atoms with van der Waals surface area (Å²) in [7, 11) is -1.73. The Hall–Kier alpha value is -2.62. The van der Waals surface area contributed by atoms with Gasteiger partial charge >= 0.3 is 7.12 Å². The van der Waals surface area contributed by atoms with Crippen molar-refractivity contribution in [1.82, 2.24) is 0 Å². The van der Waals surface area contributed by atoms with E-state index >= 15 is 0 Å². The number of carbonyl (C=O) groups excluding carboxylic acids is 1. The normalized spacial score (nSPS) is 9.76. The van der Waals surface area contributed by atoms with Crippen molar-refractivity contribution in [3.05, 3.63) is 59.2 Å². The molecular weight excluding hydrogens is 269 g/mol. The zero-order chi connectivity index (χ0) is 15.2. The molecule has 2 aromatic rings. The number of aldehydes is 1. The monoisotopic (exact) mass is 281 g/mol. The second-order valence-electron chi connectivity index (χ2n) is 4.35. The molecule has 0 saturated carbocycles. The summed E-state index contributed by atoms with van der Waals surface area (Å²) in [5, 5.41) is 27.1. The molecule has 0 aromatic heterocycles. The average Bonchev–Trinajstić information content (AvgIpc) is 2.52.